The van der Waals surface area contributed by atoms with E-state index in [2.05, 4.69) is 5.43 Å². The highest BCUT2D eigenvalue weighted by Gasteiger charge is 2.19. The molecule has 0 aromatic heterocycles. The molecule has 2 aromatic rings. The molecule has 0 aliphatic heterocycles. The Labute approximate surface area is 130 Å². The molecule has 1 amide bonds. The molecule has 118 valence electrons. The van der Waals surface area contributed by atoms with Crippen LogP contribution in [0.5, 0.6) is 5.75 Å². The van der Waals surface area contributed by atoms with E-state index in [9.17, 15) is 4.79 Å². The van der Waals surface area contributed by atoms with Crippen molar-refractivity contribution in [2.24, 2.45) is 0 Å². The van der Waals surface area contributed by atoms with Crippen LogP contribution in [0.15, 0.2) is 36.4 Å². The van der Waals surface area contributed by atoms with Crippen molar-refractivity contribution in [2.75, 3.05) is 19.2 Å². The van der Waals surface area contributed by atoms with Gasteiger partial charge in [0.15, 0.2) is 0 Å². The monoisotopic (exact) mass is 302 g/mol. The van der Waals surface area contributed by atoms with E-state index in [0.29, 0.717) is 5.75 Å². The number of carbonyl (C=O) groups is 1. The highest BCUT2D eigenvalue weighted by molar-refractivity contribution is 5.97. The van der Waals surface area contributed by atoms with Crippen LogP contribution < -0.4 is 15.2 Å². The first kappa shape index (κ1) is 15.9. The number of hydrogen-bond acceptors (Lipinski definition) is 4. The molecule has 22 heavy (non-hydrogen) atoms. The lowest BCUT2D eigenvalue weighted by molar-refractivity contribution is 0.0524. The van der Waals surface area contributed by atoms with E-state index in [-0.39, 0.29) is 0 Å². The summed E-state index contributed by atoms with van der Waals surface area (Å²) in [5.74, 6) is 0.678. The van der Waals surface area contributed by atoms with Crippen molar-refractivity contribution in [3.8, 4) is 5.75 Å². The first-order valence-corrected chi connectivity index (χ1v) is 7.11. The summed E-state index contributed by atoms with van der Waals surface area (Å²) in [6.45, 7) is 5.47. The summed E-state index contributed by atoms with van der Waals surface area (Å²) >= 11 is 0. The smallest absolute Gasteiger partial charge is 0.426 e. The number of nitrogens with zero attached hydrogens (tertiary/aromatic N) is 1. The minimum atomic E-state index is -0.548. The normalized spacial score (nSPS) is 11.1. The van der Waals surface area contributed by atoms with Crippen LogP contribution in [-0.2, 0) is 4.74 Å². The van der Waals surface area contributed by atoms with Gasteiger partial charge in [-0.05, 0) is 32.2 Å². The van der Waals surface area contributed by atoms with Crippen LogP contribution in [0.3, 0.4) is 0 Å². The molecular formula is C17H22N2O3. The predicted molar refractivity (Wildman–Crippen MR) is 88.3 cm³/mol. The van der Waals surface area contributed by atoms with Gasteiger partial charge in [-0.15, -0.1) is 0 Å². The van der Waals surface area contributed by atoms with Crippen LogP contribution in [0.2, 0.25) is 0 Å². The Morgan fingerprint density at radius 1 is 1.14 bits per heavy atom. The van der Waals surface area contributed by atoms with Crippen LogP contribution >= 0.6 is 0 Å². The van der Waals surface area contributed by atoms with Crippen molar-refractivity contribution in [3.63, 3.8) is 0 Å². The molecule has 1 N–H and O–H groups in total. The van der Waals surface area contributed by atoms with Crippen molar-refractivity contribution in [2.45, 2.75) is 26.4 Å². The summed E-state index contributed by atoms with van der Waals surface area (Å²) in [5, 5.41) is 3.67. The van der Waals surface area contributed by atoms with Crippen LogP contribution in [0.25, 0.3) is 10.8 Å². The SMILES string of the molecule is COc1ccc2ccccc2c1N(C)NC(=O)OC(C)(C)C. The number of methoxy groups -OCH3 is 1. The molecule has 0 atom stereocenters. The first-order valence-electron chi connectivity index (χ1n) is 7.11. The van der Waals surface area contributed by atoms with E-state index in [0.717, 1.165) is 16.5 Å². The van der Waals surface area contributed by atoms with Crippen LogP contribution in [0.4, 0.5) is 10.5 Å². The third kappa shape index (κ3) is 3.61. The van der Waals surface area contributed by atoms with Gasteiger partial charge >= 0.3 is 6.09 Å². The van der Waals surface area contributed by atoms with Gasteiger partial charge in [-0.3, -0.25) is 5.01 Å². The molecule has 0 aliphatic carbocycles. The molecule has 2 aromatic carbocycles. The van der Waals surface area contributed by atoms with Crippen molar-refractivity contribution in [1.29, 1.82) is 0 Å². The van der Waals surface area contributed by atoms with Gasteiger partial charge in [-0.1, -0.05) is 30.3 Å². The van der Waals surface area contributed by atoms with Crippen LogP contribution in [0, 0.1) is 0 Å². The summed E-state index contributed by atoms with van der Waals surface area (Å²) in [6.07, 6.45) is -0.509. The summed E-state index contributed by atoms with van der Waals surface area (Å²) in [7, 11) is 3.36. The fourth-order valence-corrected chi connectivity index (χ4v) is 2.24. The molecule has 0 aliphatic rings. The molecule has 0 spiro atoms. The standard InChI is InChI=1S/C17H22N2O3/c1-17(2,3)22-16(20)18-19(4)15-13-9-7-6-8-12(13)10-11-14(15)21-5/h6-11H,1-5H3,(H,18,20). The molecule has 5 heteroatoms. The zero-order chi connectivity index (χ0) is 16.3. The number of hydrazine groups is 1. The number of carbonyl (C=O) groups excluding carboxylic acids is 1. The highest BCUT2D eigenvalue weighted by atomic mass is 16.6. The summed E-state index contributed by atoms with van der Waals surface area (Å²) < 4.78 is 10.7. The Morgan fingerprint density at radius 2 is 1.82 bits per heavy atom. The zero-order valence-electron chi connectivity index (χ0n) is 13.6. The molecule has 2 rings (SSSR count). The van der Waals surface area contributed by atoms with Gasteiger partial charge < -0.3 is 9.47 Å². The number of benzene rings is 2. The van der Waals surface area contributed by atoms with Gasteiger partial charge in [0, 0.05) is 12.4 Å². The summed E-state index contributed by atoms with van der Waals surface area (Å²) in [4.78, 5) is 12.0. The van der Waals surface area contributed by atoms with Gasteiger partial charge in [-0.2, -0.15) is 0 Å². The van der Waals surface area contributed by atoms with E-state index >= 15 is 0 Å². The van der Waals surface area contributed by atoms with Gasteiger partial charge in [0.25, 0.3) is 0 Å². The number of fused-ring (bicyclic) bond motifs is 1. The molecule has 0 fully saturated rings. The maximum atomic E-state index is 12.0. The molecule has 5 nitrogen and oxygen atoms in total. The van der Waals surface area contributed by atoms with E-state index in [1.165, 1.54) is 0 Å². The Balaban J connectivity index is 2.34. The van der Waals surface area contributed by atoms with Crippen LogP contribution in [-0.4, -0.2) is 25.9 Å². The number of hydrogen-bond donors (Lipinski definition) is 1. The van der Waals surface area contributed by atoms with E-state index in [1.807, 2.05) is 57.2 Å². The van der Waals surface area contributed by atoms with Crippen molar-refractivity contribution in [1.82, 2.24) is 5.43 Å². The summed E-state index contributed by atoms with van der Waals surface area (Å²) in [6, 6.07) is 11.8. The van der Waals surface area contributed by atoms with Gasteiger partial charge in [0.05, 0.1) is 7.11 Å². The second kappa shape index (κ2) is 6.13. The van der Waals surface area contributed by atoms with Crippen LogP contribution in [0.1, 0.15) is 20.8 Å². The molecule has 0 radical (unpaired) electrons. The Kier molecular flexibility index (Phi) is 4.45. The lowest BCUT2D eigenvalue weighted by Crippen LogP contribution is -2.42. The number of anilines is 1. The van der Waals surface area contributed by atoms with E-state index in [4.69, 9.17) is 9.47 Å². The molecule has 0 heterocycles. The fourth-order valence-electron chi connectivity index (χ4n) is 2.24. The lowest BCUT2D eigenvalue weighted by atomic mass is 10.1. The maximum Gasteiger partial charge on any atom is 0.426 e. The maximum absolute atomic E-state index is 12.0. The Hall–Kier alpha value is -2.43. The molecular weight excluding hydrogens is 280 g/mol. The highest BCUT2D eigenvalue weighted by Crippen LogP contribution is 2.34. The predicted octanol–water partition coefficient (Wildman–Crippen LogP) is 3.72. The first-order chi connectivity index (χ1) is 10.3. The quantitative estimate of drug-likeness (QED) is 0.878. The lowest BCUT2D eigenvalue weighted by Gasteiger charge is -2.26. The third-order valence-electron chi connectivity index (χ3n) is 3.08. The van der Waals surface area contributed by atoms with Crippen molar-refractivity contribution >= 4 is 22.6 Å². The number of rotatable bonds is 3. The topological polar surface area (TPSA) is 50.8 Å². The Bertz CT molecular complexity index is 677. The fraction of sp³-hybridized carbons (Fsp3) is 0.353. The van der Waals surface area contributed by atoms with Crippen molar-refractivity contribution < 1.29 is 14.3 Å². The minimum Gasteiger partial charge on any atom is -0.494 e. The molecule has 0 saturated heterocycles. The number of nitrogens with one attached hydrogen (secondary N) is 1. The molecule has 0 unspecified atom stereocenters. The molecule has 0 saturated carbocycles. The van der Waals surface area contributed by atoms with Gasteiger partial charge in [0.2, 0.25) is 0 Å². The largest absolute Gasteiger partial charge is 0.494 e. The van der Waals surface area contributed by atoms with Gasteiger partial charge in [-0.25, -0.2) is 10.2 Å². The zero-order valence-corrected chi connectivity index (χ0v) is 13.6. The minimum absolute atomic E-state index is 0.509. The number of amides is 1. The van der Waals surface area contributed by atoms with Gasteiger partial charge in [0.1, 0.15) is 17.0 Å². The average Bonchev–Trinajstić information content (AvgIpc) is 2.43. The summed E-state index contributed by atoms with van der Waals surface area (Å²) in [5.41, 5.74) is 2.95. The second-order valence-electron chi connectivity index (χ2n) is 6.01. The second-order valence-corrected chi connectivity index (χ2v) is 6.01. The Morgan fingerprint density at radius 3 is 2.45 bits per heavy atom. The average molecular weight is 302 g/mol. The molecule has 0 bridgehead atoms. The third-order valence-corrected chi connectivity index (χ3v) is 3.08. The van der Waals surface area contributed by atoms with E-state index < -0.39 is 11.7 Å². The van der Waals surface area contributed by atoms with E-state index in [1.54, 1.807) is 19.2 Å². The van der Waals surface area contributed by atoms with Crippen molar-refractivity contribution in [3.05, 3.63) is 36.4 Å². The number of ether oxygens (including phenoxy) is 2.